The number of nitrogens with one attached hydrogen (secondary N) is 1. The van der Waals surface area contributed by atoms with Gasteiger partial charge in [-0.15, -0.1) is 11.8 Å². The van der Waals surface area contributed by atoms with E-state index in [1.54, 1.807) is 37.1 Å². The van der Waals surface area contributed by atoms with Crippen molar-refractivity contribution in [3.8, 4) is 17.2 Å². The first kappa shape index (κ1) is 19.9. The molecule has 2 aromatic carbocycles. The molecule has 0 heterocycles. The van der Waals surface area contributed by atoms with Crippen molar-refractivity contribution in [3.05, 3.63) is 42.0 Å². The van der Waals surface area contributed by atoms with E-state index in [4.69, 9.17) is 18.9 Å². The summed E-state index contributed by atoms with van der Waals surface area (Å²) < 4.78 is 21.0. The molecule has 0 spiro atoms. The van der Waals surface area contributed by atoms with Gasteiger partial charge in [-0.05, 0) is 12.1 Å². The Bertz CT molecular complexity index is 725. The molecule has 0 bridgehead atoms. The summed E-state index contributed by atoms with van der Waals surface area (Å²) in [5.74, 6) is 1.99. The zero-order valence-corrected chi connectivity index (χ0v) is 16.1. The average Bonchev–Trinajstić information content (AvgIpc) is 2.67. The molecule has 6 nitrogen and oxygen atoms in total. The van der Waals surface area contributed by atoms with Gasteiger partial charge in [0, 0.05) is 35.6 Å². The monoisotopic (exact) mass is 377 g/mol. The number of benzene rings is 2. The van der Waals surface area contributed by atoms with Crippen LogP contribution in [0.15, 0.2) is 41.3 Å². The Morgan fingerprint density at radius 2 is 1.65 bits per heavy atom. The number of rotatable bonds is 9. The summed E-state index contributed by atoms with van der Waals surface area (Å²) in [6, 6.07) is 10.8. The molecule has 0 radical (unpaired) electrons. The van der Waals surface area contributed by atoms with Crippen molar-refractivity contribution in [3.63, 3.8) is 0 Å². The summed E-state index contributed by atoms with van der Waals surface area (Å²) in [4.78, 5) is 13.7. The standard InChI is InChI=1S/C19H23NO5S/c1-22-9-10-26-17-8-6-5-7-14(17)19(21)20-13-11-15(23-2)18(25-4)16(12-13)24-3/h5-8,11-12H,9-10H2,1-4H3,(H,20,21). The summed E-state index contributed by atoms with van der Waals surface area (Å²) in [6.07, 6.45) is 0. The molecule has 2 aromatic rings. The highest BCUT2D eigenvalue weighted by atomic mass is 32.2. The average molecular weight is 377 g/mol. The van der Waals surface area contributed by atoms with Crippen LogP contribution in [0.2, 0.25) is 0 Å². The quantitative estimate of drug-likeness (QED) is 0.531. The van der Waals surface area contributed by atoms with Crippen LogP contribution in [0, 0.1) is 0 Å². The van der Waals surface area contributed by atoms with Crippen LogP contribution >= 0.6 is 11.8 Å². The molecule has 0 atom stereocenters. The second-order valence-electron chi connectivity index (χ2n) is 5.21. The van der Waals surface area contributed by atoms with Crippen molar-refractivity contribution < 1.29 is 23.7 Å². The zero-order valence-electron chi connectivity index (χ0n) is 15.3. The van der Waals surface area contributed by atoms with Gasteiger partial charge < -0.3 is 24.3 Å². The molecule has 26 heavy (non-hydrogen) atoms. The highest BCUT2D eigenvalue weighted by molar-refractivity contribution is 7.99. The van der Waals surface area contributed by atoms with E-state index in [2.05, 4.69) is 5.32 Å². The van der Waals surface area contributed by atoms with E-state index in [9.17, 15) is 4.79 Å². The van der Waals surface area contributed by atoms with Gasteiger partial charge in [-0.25, -0.2) is 0 Å². The molecule has 0 fully saturated rings. The van der Waals surface area contributed by atoms with Crippen molar-refractivity contribution in [2.45, 2.75) is 4.90 Å². The molecule has 0 aliphatic rings. The second kappa shape index (κ2) is 9.94. The molecule has 0 saturated heterocycles. The summed E-state index contributed by atoms with van der Waals surface area (Å²) >= 11 is 1.58. The fourth-order valence-corrected chi connectivity index (χ4v) is 3.33. The van der Waals surface area contributed by atoms with E-state index in [0.717, 1.165) is 10.6 Å². The Balaban J connectivity index is 2.25. The van der Waals surface area contributed by atoms with Gasteiger partial charge in [-0.2, -0.15) is 0 Å². The normalized spacial score (nSPS) is 10.3. The first-order valence-corrected chi connectivity index (χ1v) is 8.95. The third-order valence-corrected chi connectivity index (χ3v) is 4.64. The minimum absolute atomic E-state index is 0.209. The van der Waals surface area contributed by atoms with E-state index in [0.29, 0.717) is 35.1 Å². The minimum atomic E-state index is -0.209. The number of hydrogen-bond donors (Lipinski definition) is 1. The SMILES string of the molecule is COCCSc1ccccc1C(=O)Nc1cc(OC)c(OC)c(OC)c1. The van der Waals surface area contributed by atoms with Crippen LogP contribution in [-0.2, 0) is 4.74 Å². The Morgan fingerprint density at radius 3 is 2.23 bits per heavy atom. The van der Waals surface area contributed by atoms with Gasteiger partial charge in [0.25, 0.3) is 5.91 Å². The third-order valence-electron chi connectivity index (χ3n) is 3.60. The molecule has 0 aliphatic carbocycles. The van der Waals surface area contributed by atoms with Gasteiger partial charge in [0.1, 0.15) is 0 Å². The van der Waals surface area contributed by atoms with E-state index in [1.807, 2.05) is 18.2 Å². The molecule has 2 rings (SSSR count). The molecule has 0 saturated carbocycles. The van der Waals surface area contributed by atoms with Crippen molar-refractivity contribution in [1.82, 2.24) is 0 Å². The van der Waals surface area contributed by atoms with E-state index in [1.165, 1.54) is 21.3 Å². The lowest BCUT2D eigenvalue weighted by molar-refractivity contribution is 0.102. The molecular weight excluding hydrogens is 354 g/mol. The van der Waals surface area contributed by atoms with Gasteiger partial charge in [0.2, 0.25) is 5.75 Å². The summed E-state index contributed by atoms with van der Waals surface area (Å²) in [7, 11) is 6.25. The van der Waals surface area contributed by atoms with Gasteiger partial charge in [-0.3, -0.25) is 4.79 Å². The Labute approximate surface area is 157 Å². The molecule has 0 aromatic heterocycles. The molecular formula is C19H23NO5S. The van der Waals surface area contributed by atoms with Gasteiger partial charge in [-0.1, -0.05) is 12.1 Å². The molecule has 1 amide bonds. The first-order chi connectivity index (χ1) is 12.6. The topological polar surface area (TPSA) is 66.0 Å². The summed E-state index contributed by atoms with van der Waals surface area (Å²) in [6.45, 7) is 0.619. The predicted octanol–water partition coefficient (Wildman–Crippen LogP) is 3.70. The Kier molecular flexibility index (Phi) is 7.62. The number of carbonyl (C=O) groups excluding carboxylic acids is 1. The third kappa shape index (κ3) is 4.83. The number of amides is 1. The Morgan fingerprint density at radius 1 is 1.00 bits per heavy atom. The number of hydrogen-bond acceptors (Lipinski definition) is 6. The first-order valence-electron chi connectivity index (χ1n) is 7.96. The molecule has 0 aliphatic heterocycles. The van der Waals surface area contributed by atoms with Crippen molar-refractivity contribution in [2.24, 2.45) is 0 Å². The van der Waals surface area contributed by atoms with E-state index in [-0.39, 0.29) is 5.91 Å². The van der Waals surface area contributed by atoms with Crippen LogP contribution in [0.25, 0.3) is 0 Å². The van der Waals surface area contributed by atoms with Gasteiger partial charge in [0.05, 0.1) is 33.5 Å². The minimum Gasteiger partial charge on any atom is -0.493 e. The molecule has 0 unspecified atom stereocenters. The number of anilines is 1. The molecule has 140 valence electrons. The molecule has 7 heteroatoms. The zero-order chi connectivity index (χ0) is 18.9. The highest BCUT2D eigenvalue weighted by Gasteiger charge is 2.16. The van der Waals surface area contributed by atoms with Crippen LogP contribution in [0.5, 0.6) is 17.2 Å². The van der Waals surface area contributed by atoms with Crippen LogP contribution in [0.1, 0.15) is 10.4 Å². The molecule has 1 N–H and O–H groups in total. The summed E-state index contributed by atoms with van der Waals surface area (Å²) in [5.41, 5.74) is 1.16. The number of carbonyl (C=O) groups is 1. The van der Waals surface area contributed by atoms with Crippen molar-refractivity contribution >= 4 is 23.4 Å². The fraction of sp³-hybridized carbons (Fsp3) is 0.316. The summed E-state index contributed by atoms with van der Waals surface area (Å²) in [5, 5.41) is 2.89. The number of ether oxygens (including phenoxy) is 4. The fourth-order valence-electron chi connectivity index (χ4n) is 2.37. The van der Waals surface area contributed by atoms with Gasteiger partial charge >= 0.3 is 0 Å². The number of methoxy groups -OCH3 is 4. The van der Waals surface area contributed by atoms with E-state index >= 15 is 0 Å². The van der Waals surface area contributed by atoms with Crippen molar-refractivity contribution in [1.29, 1.82) is 0 Å². The maximum absolute atomic E-state index is 12.8. The smallest absolute Gasteiger partial charge is 0.256 e. The predicted molar refractivity (Wildman–Crippen MR) is 103 cm³/mol. The van der Waals surface area contributed by atoms with Gasteiger partial charge in [0.15, 0.2) is 11.5 Å². The highest BCUT2D eigenvalue weighted by Crippen LogP contribution is 2.40. The lowest BCUT2D eigenvalue weighted by Crippen LogP contribution is -2.13. The Hall–Kier alpha value is -2.38. The lowest BCUT2D eigenvalue weighted by atomic mass is 10.2. The van der Waals surface area contributed by atoms with Crippen molar-refractivity contribution in [2.75, 3.05) is 46.1 Å². The second-order valence-corrected chi connectivity index (χ2v) is 6.34. The van der Waals surface area contributed by atoms with E-state index < -0.39 is 0 Å². The maximum Gasteiger partial charge on any atom is 0.256 e. The maximum atomic E-state index is 12.8. The number of thioether (sulfide) groups is 1. The van der Waals surface area contributed by atoms with Crippen LogP contribution in [0.4, 0.5) is 5.69 Å². The van der Waals surface area contributed by atoms with Crippen LogP contribution < -0.4 is 19.5 Å². The van der Waals surface area contributed by atoms with Crippen LogP contribution in [0.3, 0.4) is 0 Å². The van der Waals surface area contributed by atoms with Crippen LogP contribution in [-0.4, -0.2) is 46.7 Å². The lowest BCUT2D eigenvalue weighted by Gasteiger charge is -2.15. The largest absolute Gasteiger partial charge is 0.493 e.